The van der Waals surface area contributed by atoms with Crippen molar-refractivity contribution >= 4 is 0 Å². The van der Waals surface area contributed by atoms with Gasteiger partial charge in [-0.25, -0.2) is 4.68 Å². The molecule has 2 aromatic heterocycles. The third kappa shape index (κ3) is 2.74. The third-order valence-electron chi connectivity index (χ3n) is 3.46. The second-order valence-corrected chi connectivity index (χ2v) is 4.73. The van der Waals surface area contributed by atoms with Gasteiger partial charge in [-0.15, -0.1) is 5.10 Å². The van der Waals surface area contributed by atoms with Crippen molar-refractivity contribution in [1.82, 2.24) is 20.0 Å². The monoisotopic (exact) mass is 312 g/mol. The predicted octanol–water partition coefficient (Wildman–Crippen LogP) is 1.84. The fraction of sp³-hybridized carbons (Fsp3) is 0.188. The lowest BCUT2D eigenvalue weighted by Gasteiger charge is -2.11. The molecule has 0 aliphatic carbocycles. The fourth-order valence-corrected chi connectivity index (χ4v) is 2.36. The minimum atomic E-state index is -0.203. The Morgan fingerprint density at radius 2 is 1.78 bits per heavy atom. The maximum absolute atomic E-state index is 9.55. The van der Waals surface area contributed by atoms with Crippen LogP contribution in [0.2, 0.25) is 0 Å². The van der Waals surface area contributed by atoms with Gasteiger partial charge in [0.05, 0.1) is 26.5 Å². The largest absolute Gasteiger partial charge is 0.493 e. The van der Waals surface area contributed by atoms with E-state index in [-0.39, 0.29) is 6.61 Å². The van der Waals surface area contributed by atoms with Crippen LogP contribution in [-0.4, -0.2) is 39.3 Å². The highest BCUT2D eigenvalue weighted by atomic mass is 16.5. The molecule has 0 saturated carbocycles. The van der Waals surface area contributed by atoms with Gasteiger partial charge in [-0.05, 0) is 24.3 Å². The summed E-state index contributed by atoms with van der Waals surface area (Å²) in [5.41, 5.74) is 2.82. The summed E-state index contributed by atoms with van der Waals surface area (Å²) in [5, 5.41) is 17.8. The van der Waals surface area contributed by atoms with E-state index in [9.17, 15) is 5.11 Å². The molecular weight excluding hydrogens is 296 g/mol. The van der Waals surface area contributed by atoms with Gasteiger partial charge in [-0.2, -0.15) is 0 Å². The molecule has 2 heterocycles. The number of hydrogen-bond acceptors (Lipinski definition) is 6. The molecule has 0 spiro atoms. The van der Waals surface area contributed by atoms with Crippen LogP contribution in [0.4, 0.5) is 0 Å². The van der Waals surface area contributed by atoms with E-state index in [0.717, 1.165) is 11.3 Å². The zero-order valence-electron chi connectivity index (χ0n) is 12.8. The van der Waals surface area contributed by atoms with E-state index >= 15 is 0 Å². The highest BCUT2D eigenvalue weighted by molar-refractivity contribution is 5.64. The summed E-state index contributed by atoms with van der Waals surface area (Å²) in [5.74, 6) is 1.22. The Morgan fingerprint density at radius 1 is 1.04 bits per heavy atom. The molecule has 7 nitrogen and oxygen atoms in total. The Morgan fingerprint density at radius 3 is 2.43 bits per heavy atom. The fourth-order valence-electron chi connectivity index (χ4n) is 2.36. The lowest BCUT2D eigenvalue weighted by Crippen LogP contribution is -2.01. The molecule has 3 rings (SSSR count). The second-order valence-electron chi connectivity index (χ2n) is 4.73. The zero-order chi connectivity index (χ0) is 16.2. The van der Waals surface area contributed by atoms with Gasteiger partial charge in [-0.3, -0.25) is 4.98 Å². The van der Waals surface area contributed by atoms with Crippen molar-refractivity contribution in [3.63, 3.8) is 0 Å². The van der Waals surface area contributed by atoms with Crippen LogP contribution in [0.25, 0.3) is 16.9 Å². The van der Waals surface area contributed by atoms with Crippen molar-refractivity contribution in [2.45, 2.75) is 6.61 Å². The first kappa shape index (κ1) is 15.0. The van der Waals surface area contributed by atoms with E-state index in [0.29, 0.717) is 22.9 Å². The van der Waals surface area contributed by atoms with Crippen molar-refractivity contribution < 1.29 is 14.6 Å². The minimum absolute atomic E-state index is 0.203. The average Bonchev–Trinajstić information content (AvgIpc) is 3.05. The topological polar surface area (TPSA) is 82.3 Å². The van der Waals surface area contributed by atoms with Crippen molar-refractivity contribution in [3.05, 3.63) is 48.4 Å². The van der Waals surface area contributed by atoms with Crippen LogP contribution < -0.4 is 9.47 Å². The van der Waals surface area contributed by atoms with Crippen molar-refractivity contribution in [1.29, 1.82) is 0 Å². The average molecular weight is 312 g/mol. The van der Waals surface area contributed by atoms with E-state index < -0.39 is 0 Å². The summed E-state index contributed by atoms with van der Waals surface area (Å²) in [7, 11) is 3.16. The van der Waals surface area contributed by atoms with E-state index in [1.54, 1.807) is 43.4 Å². The maximum Gasteiger partial charge on any atom is 0.162 e. The van der Waals surface area contributed by atoms with Gasteiger partial charge in [-0.1, -0.05) is 5.21 Å². The summed E-state index contributed by atoms with van der Waals surface area (Å²) in [4.78, 5) is 4.01. The zero-order valence-corrected chi connectivity index (χ0v) is 12.8. The first-order valence-electron chi connectivity index (χ1n) is 6.96. The van der Waals surface area contributed by atoms with Crippen LogP contribution in [0.1, 0.15) is 5.69 Å². The van der Waals surface area contributed by atoms with Gasteiger partial charge in [0.1, 0.15) is 11.4 Å². The van der Waals surface area contributed by atoms with Gasteiger partial charge >= 0.3 is 0 Å². The number of hydrogen-bond donors (Lipinski definition) is 1. The van der Waals surface area contributed by atoms with Crippen molar-refractivity contribution in [2.24, 2.45) is 0 Å². The van der Waals surface area contributed by atoms with Gasteiger partial charge in [0.15, 0.2) is 11.5 Å². The Hall–Kier alpha value is -2.93. The summed E-state index contributed by atoms with van der Waals surface area (Å²) >= 11 is 0. The Kier molecular flexibility index (Phi) is 4.20. The van der Waals surface area contributed by atoms with Gasteiger partial charge < -0.3 is 14.6 Å². The predicted molar refractivity (Wildman–Crippen MR) is 83.6 cm³/mol. The van der Waals surface area contributed by atoms with Gasteiger partial charge in [0, 0.05) is 24.0 Å². The molecule has 0 aliphatic heterocycles. The number of aromatic nitrogens is 4. The van der Waals surface area contributed by atoms with Crippen molar-refractivity contribution in [3.8, 4) is 28.4 Å². The molecule has 23 heavy (non-hydrogen) atoms. The van der Waals surface area contributed by atoms with E-state index in [1.807, 2.05) is 18.2 Å². The molecule has 0 saturated heterocycles. The molecular formula is C16H16N4O3. The molecule has 1 aromatic carbocycles. The number of ether oxygens (including phenoxy) is 2. The van der Waals surface area contributed by atoms with Crippen LogP contribution >= 0.6 is 0 Å². The molecule has 1 N–H and O–H groups in total. The lowest BCUT2D eigenvalue weighted by molar-refractivity contribution is 0.277. The number of aliphatic hydroxyl groups is 1. The van der Waals surface area contributed by atoms with Gasteiger partial charge in [0.2, 0.25) is 0 Å². The SMILES string of the molecule is COc1ccc(-n2nnc(CO)c2-c2ccncc2)cc1OC. The quantitative estimate of drug-likeness (QED) is 0.774. The highest BCUT2D eigenvalue weighted by Crippen LogP contribution is 2.31. The molecule has 0 amide bonds. The lowest BCUT2D eigenvalue weighted by atomic mass is 10.1. The molecule has 0 fully saturated rings. The Bertz CT molecular complexity index is 802. The minimum Gasteiger partial charge on any atom is -0.493 e. The molecule has 0 unspecified atom stereocenters. The number of rotatable bonds is 5. The molecule has 7 heteroatoms. The second kappa shape index (κ2) is 6.45. The van der Waals surface area contributed by atoms with Crippen LogP contribution in [0, 0.1) is 0 Å². The summed E-state index contributed by atoms with van der Waals surface area (Å²) in [6.07, 6.45) is 3.37. The maximum atomic E-state index is 9.55. The summed E-state index contributed by atoms with van der Waals surface area (Å²) < 4.78 is 12.2. The molecule has 118 valence electrons. The molecule has 0 atom stereocenters. The molecule has 0 radical (unpaired) electrons. The Labute approximate surface area is 133 Å². The van der Waals surface area contributed by atoms with Crippen LogP contribution in [0.3, 0.4) is 0 Å². The van der Waals surface area contributed by atoms with Crippen molar-refractivity contribution in [2.75, 3.05) is 14.2 Å². The first-order chi connectivity index (χ1) is 11.3. The number of nitrogens with zero attached hydrogens (tertiary/aromatic N) is 4. The number of pyridine rings is 1. The standard InChI is InChI=1S/C16H16N4O3/c1-22-14-4-3-12(9-15(14)23-2)20-16(13(10-21)18-19-20)11-5-7-17-8-6-11/h3-9,21H,10H2,1-2H3. The third-order valence-corrected chi connectivity index (χ3v) is 3.46. The number of benzene rings is 1. The molecule has 3 aromatic rings. The van der Waals surface area contributed by atoms with E-state index in [1.165, 1.54) is 0 Å². The van der Waals surface area contributed by atoms with Crippen LogP contribution in [-0.2, 0) is 6.61 Å². The van der Waals surface area contributed by atoms with E-state index in [4.69, 9.17) is 9.47 Å². The Balaban J connectivity index is 2.16. The molecule has 0 aliphatic rings. The summed E-state index contributed by atoms with van der Waals surface area (Å²) in [6.45, 7) is -0.203. The summed E-state index contributed by atoms with van der Waals surface area (Å²) in [6, 6.07) is 9.14. The smallest absolute Gasteiger partial charge is 0.162 e. The molecule has 0 bridgehead atoms. The first-order valence-corrected chi connectivity index (χ1v) is 6.96. The normalized spacial score (nSPS) is 10.6. The van der Waals surface area contributed by atoms with Gasteiger partial charge in [0.25, 0.3) is 0 Å². The highest BCUT2D eigenvalue weighted by Gasteiger charge is 2.17. The number of aliphatic hydroxyl groups excluding tert-OH is 1. The van der Waals surface area contributed by atoms with Crippen LogP contribution in [0.15, 0.2) is 42.7 Å². The number of methoxy groups -OCH3 is 2. The van der Waals surface area contributed by atoms with E-state index in [2.05, 4.69) is 15.3 Å². The van der Waals surface area contributed by atoms with Crippen LogP contribution in [0.5, 0.6) is 11.5 Å².